The molecule has 4 rings (SSSR count). The van der Waals surface area contributed by atoms with Gasteiger partial charge in [-0.3, -0.25) is 9.89 Å². The van der Waals surface area contributed by atoms with Crippen molar-refractivity contribution < 1.29 is 17.9 Å². The van der Waals surface area contributed by atoms with Gasteiger partial charge in [0.2, 0.25) is 10.0 Å². The summed E-state index contributed by atoms with van der Waals surface area (Å²) in [5.41, 5.74) is 1.62. The fraction of sp³-hybridized carbons (Fsp3) is 0.300. The van der Waals surface area contributed by atoms with Crippen LogP contribution >= 0.6 is 11.6 Å². The van der Waals surface area contributed by atoms with Gasteiger partial charge in [-0.2, -0.15) is 9.40 Å². The number of nitrogens with zero attached hydrogens (tertiary/aromatic N) is 2. The highest BCUT2D eigenvalue weighted by molar-refractivity contribution is 7.89. The van der Waals surface area contributed by atoms with Crippen molar-refractivity contribution in [3.63, 3.8) is 0 Å². The number of hydrogen-bond acceptors (Lipinski definition) is 5. The molecule has 30 heavy (non-hydrogen) atoms. The standard InChI is InChI=1S/C20H21ClN4O4S/c1-12-10-25(11-13(2)29-12)30(27,28)19-8-14(3-5-17(19)21)20(26)23-16-4-6-18-15(7-16)9-22-24-18/h3-9,12-13H,10-11H2,1-2H3,(H,22,24)(H,23,26). The highest BCUT2D eigenvalue weighted by atomic mass is 35.5. The third kappa shape index (κ3) is 4.06. The number of hydrogen-bond donors (Lipinski definition) is 2. The van der Waals surface area contributed by atoms with E-state index in [1.165, 1.54) is 22.5 Å². The van der Waals surface area contributed by atoms with E-state index in [0.717, 1.165) is 10.9 Å². The van der Waals surface area contributed by atoms with Crippen LogP contribution in [0.15, 0.2) is 47.5 Å². The predicted octanol–water partition coefficient (Wildman–Crippen LogP) is 3.27. The number of benzene rings is 2. The molecule has 2 heterocycles. The molecule has 2 unspecified atom stereocenters. The molecule has 0 saturated carbocycles. The van der Waals surface area contributed by atoms with E-state index >= 15 is 0 Å². The molecule has 1 saturated heterocycles. The average Bonchev–Trinajstić information content (AvgIpc) is 3.15. The molecule has 0 aliphatic carbocycles. The van der Waals surface area contributed by atoms with Crippen LogP contribution in [0.2, 0.25) is 5.02 Å². The first-order valence-electron chi connectivity index (χ1n) is 9.43. The van der Waals surface area contributed by atoms with Crippen LogP contribution in [0.3, 0.4) is 0 Å². The van der Waals surface area contributed by atoms with Gasteiger partial charge in [-0.05, 0) is 50.2 Å². The lowest BCUT2D eigenvalue weighted by Gasteiger charge is -2.34. The number of amides is 1. The molecule has 3 aromatic rings. The van der Waals surface area contributed by atoms with Crippen LogP contribution in [0, 0.1) is 0 Å². The Hall–Kier alpha value is -2.46. The largest absolute Gasteiger partial charge is 0.373 e. The average molecular weight is 449 g/mol. The van der Waals surface area contributed by atoms with Crippen LogP contribution in [-0.2, 0) is 14.8 Å². The van der Waals surface area contributed by atoms with E-state index in [-0.39, 0.29) is 40.8 Å². The number of nitrogens with one attached hydrogen (secondary N) is 2. The van der Waals surface area contributed by atoms with Gasteiger partial charge in [0.05, 0.1) is 28.9 Å². The van der Waals surface area contributed by atoms with Crippen LogP contribution in [-0.4, -0.2) is 54.1 Å². The SMILES string of the molecule is CC1CN(S(=O)(=O)c2cc(C(=O)Nc3ccc4[nH]ncc4c3)ccc2Cl)CC(C)O1. The number of rotatable bonds is 4. The summed E-state index contributed by atoms with van der Waals surface area (Å²) in [6.45, 7) is 4.09. The highest BCUT2D eigenvalue weighted by Crippen LogP contribution is 2.28. The van der Waals surface area contributed by atoms with Crippen molar-refractivity contribution in [3.05, 3.63) is 53.2 Å². The zero-order valence-corrected chi connectivity index (χ0v) is 18.0. The van der Waals surface area contributed by atoms with E-state index in [1.807, 2.05) is 13.8 Å². The van der Waals surface area contributed by atoms with Gasteiger partial charge in [0.25, 0.3) is 5.91 Å². The lowest BCUT2D eigenvalue weighted by atomic mass is 10.2. The van der Waals surface area contributed by atoms with E-state index < -0.39 is 15.9 Å². The monoisotopic (exact) mass is 448 g/mol. The van der Waals surface area contributed by atoms with Crippen molar-refractivity contribution in [1.82, 2.24) is 14.5 Å². The molecule has 1 amide bonds. The Morgan fingerprint density at radius 1 is 1.20 bits per heavy atom. The van der Waals surface area contributed by atoms with Gasteiger partial charge in [-0.15, -0.1) is 0 Å². The van der Waals surface area contributed by atoms with Crippen molar-refractivity contribution >= 4 is 44.1 Å². The number of aromatic amines is 1. The van der Waals surface area contributed by atoms with Gasteiger partial charge in [-0.1, -0.05) is 11.6 Å². The summed E-state index contributed by atoms with van der Waals surface area (Å²) in [6, 6.07) is 9.56. The van der Waals surface area contributed by atoms with E-state index in [4.69, 9.17) is 16.3 Å². The Balaban J connectivity index is 1.61. The minimum absolute atomic E-state index is 0.0677. The third-order valence-corrected chi connectivity index (χ3v) is 7.21. The molecule has 1 aliphatic rings. The molecule has 2 N–H and O–H groups in total. The molecule has 10 heteroatoms. The van der Waals surface area contributed by atoms with E-state index in [9.17, 15) is 13.2 Å². The molecule has 1 aliphatic heterocycles. The summed E-state index contributed by atoms with van der Waals surface area (Å²) in [4.78, 5) is 12.7. The minimum atomic E-state index is -3.88. The number of H-pyrrole nitrogens is 1. The van der Waals surface area contributed by atoms with Crippen molar-refractivity contribution in [2.45, 2.75) is 31.0 Å². The Morgan fingerprint density at radius 3 is 2.67 bits per heavy atom. The summed E-state index contributed by atoms with van der Waals surface area (Å²) < 4.78 is 33.4. The van der Waals surface area contributed by atoms with Crippen molar-refractivity contribution in [3.8, 4) is 0 Å². The first-order valence-corrected chi connectivity index (χ1v) is 11.3. The second-order valence-corrected chi connectivity index (χ2v) is 9.66. The highest BCUT2D eigenvalue weighted by Gasteiger charge is 2.33. The van der Waals surface area contributed by atoms with Crippen LogP contribution in [0.1, 0.15) is 24.2 Å². The van der Waals surface area contributed by atoms with E-state index in [1.54, 1.807) is 24.4 Å². The maximum atomic E-state index is 13.2. The second-order valence-electron chi connectivity index (χ2n) is 7.35. The molecular weight excluding hydrogens is 428 g/mol. The minimum Gasteiger partial charge on any atom is -0.373 e. The number of halogens is 1. The van der Waals surface area contributed by atoms with Crippen LogP contribution in [0.25, 0.3) is 10.9 Å². The number of ether oxygens (including phenoxy) is 1. The molecule has 0 bridgehead atoms. The smallest absolute Gasteiger partial charge is 0.255 e. The summed E-state index contributed by atoms with van der Waals surface area (Å²) >= 11 is 6.21. The lowest BCUT2D eigenvalue weighted by molar-refractivity contribution is -0.0440. The fourth-order valence-electron chi connectivity index (χ4n) is 3.53. The molecular formula is C20H21ClN4O4S. The molecule has 1 aromatic heterocycles. The Bertz CT molecular complexity index is 1200. The molecule has 0 spiro atoms. The van der Waals surface area contributed by atoms with Gasteiger partial charge in [-0.25, -0.2) is 8.42 Å². The topological polar surface area (TPSA) is 104 Å². The molecule has 1 fully saturated rings. The molecule has 8 nitrogen and oxygen atoms in total. The summed E-state index contributed by atoms with van der Waals surface area (Å²) in [5, 5.41) is 10.5. The maximum Gasteiger partial charge on any atom is 0.255 e. The molecule has 2 aromatic carbocycles. The molecule has 0 radical (unpaired) electrons. The number of morpholine rings is 1. The lowest BCUT2D eigenvalue weighted by Crippen LogP contribution is -2.48. The van der Waals surface area contributed by atoms with Crippen LogP contribution in [0.4, 0.5) is 5.69 Å². The van der Waals surface area contributed by atoms with Crippen molar-refractivity contribution in [1.29, 1.82) is 0 Å². The zero-order valence-electron chi connectivity index (χ0n) is 16.4. The number of fused-ring (bicyclic) bond motifs is 1. The number of carbonyl (C=O) groups excluding carboxylic acids is 1. The number of anilines is 1. The summed E-state index contributed by atoms with van der Waals surface area (Å²) in [5.74, 6) is -0.435. The molecule has 2 atom stereocenters. The Morgan fingerprint density at radius 2 is 1.93 bits per heavy atom. The quantitative estimate of drug-likeness (QED) is 0.637. The number of sulfonamides is 1. The normalized spacial score (nSPS) is 20.4. The Kier molecular flexibility index (Phi) is 5.54. The van der Waals surface area contributed by atoms with Crippen LogP contribution in [0.5, 0.6) is 0 Å². The third-order valence-electron chi connectivity index (χ3n) is 4.90. The summed E-state index contributed by atoms with van der Waals surface area (Å²) in [7, 11) is -3.88. The van der Waals surface area contributed by atoms with Crippen LogP contribution < -0.4 is 5.32 Å². The maximum absolute atomic E-state index is 13.2. The first kappa shape index (κ1) is 20.8. The number of aromatic nitrogens is 2. The zero-order chi connectivity index (χ0) is 21.5. The predicted molar refractivity (Wildman–Crippen MR) is 114 cm³/mol. The number of carbonyl (C=O) groups is 1. The first-order chi connectivity index (χ1) is 14.2. The van der Waals surface area contributed by atoms with Gasteiger partial charge >= 0.3 is 0 Å². The van der Waals surface area contributed by atoms with Gasteiger partial charge < -0.3 is 10.1 Å². The van der Waals surface area contributed by atoms with Gasteiger partial charge in [0, 0.05) is 29.7 Å². The van der Waals surface area contributed by atoms with Crippen molar-refractivity contribution in [2.24, 2.45) is 0 Å². The van der Waals surface area contributed by atoms with Gasteiger partial charge in [0.1, 0.15) is 4.90 Å². The summed E-state index contributed by atoms with van der Waals surface area (Å²) in [6.07, 6.45) is 1.20. The second kappa shape index (κ2) is 7.99. The van der Waals surface area contributed by atoms with Crippen molar-refractivity contribution in [2.75, 3.05) is 18.4 Å². The fourth-order valence-corrected chi connectivity index (χ4v) is 5.62. The van der Waals surface area contributed by atoms with Gasteiger partial charge in [0.15, 0.2) is 0 Å². The van der Waals surface area contributed by atoms with E-state index in [2.05, 4.69) is 15.5 Å². The Labute approximate surface area is 179 Å². The van der Waals surface area contributed by atoms with E-state index in [0.29, 0.717) is 5.69 Å². The molecule has 158 valence electrons.